The van der Waals surface area contributed by atoms with Gasteiger partial charge in [-0.1, -0.05) is 24.3 Å². The summed E-state index contributed by atoms with van der Waals surface area (Å²) in [7, 11) is 0. The molecular formula is C17H11F3N4. The number of hydrogen-bond acceptors (Lipinski definition) is 3. The summed E-state index contributed by atoms with van der Waals surface area (Å²) in [5.41, 5.74) is 1.00. The van der Waals surface area contributed by atoms with Crippen LogP contribution in [0.4, 0.5) is 13.2 Å². The van der Waals surface area contributed by atoms with Crippen molar-refractivity contribution in [3.8, 4) is 17.2 Å². The van der Waals surface area contributed by atoms with Gasteiger partial charge in [0.05, 0.1) is 17.7 Å². The summed E-state index contributed by atoms with van der Waals surface area (Å²) in [6.07, 6.45) is 0.855. The van der Waals surface area contributed by atoms with E-state index in [4.69, 9.17) is 0 Å². The second kappa shape index (κ2) is 4.81. The zero-order valence-corrected chi connectivity index (χ0v) is 12.4. The third-order valence-electron chi connectivity index (χ3n) is 4.39. The summed E-state index contributed by atoms with van der Waals surface area (Å²) in [6, 6.07) is 9.64. The Kier molecular flexibility index (Phi) is 2.94. The third kappa shape index (κ3) is 2.22. The monoisotopic (exact) mass is 328 g/mol. The first-order chi connectivity index (χ1) is 11.4. The highest BCUT2D eigenvalue weighted by Gasteiger charge is 2.44. The molecule has 0 amide bonds. The van der Waals surface area contributed by atoms with Gasteiger partial charge in [0.15, 0.2) is 0 Å². The molecule has 4 nitrogen and oxygen atoms in total. The van der Waals surface area contributed by atoms with Crippen LogP contribution in [0.15, 0.2) is 42.9 Å². The minimum Gasteiger partial charge on any atom is -0.279 e. The summed E-state index contributed by atoms with van der Waals surface area (Å²) in [4.78, 5) is 7.67. The predicted octanol–water partition coefficient (Wildman–Crippen LogP) is 3.97. The fourth-order valence-corrected chi connectivity index (χ4v) is 2.80. The number of hydrogen-bond donors (Lipinski definition) is 0. The fourth-order valence-electron chi connectivity index (χ4n) is 2.80. The molecule has 120 valence electrons. The van der Waals surface area contributed by atoms with Crippen molar-refractivity contribution in [1.29, 1.82) is 5.26 Å². The highest BCUT2D eigenvalue weighted by molar-refractivity contribution is 5.64. The Morgan fingerprint density at radius 2 is 1.71 bits per heavy atom. The van der Waals surface area contributed by atoms with Crippen molar-refractivity contribution in [3.05, 3.63) is 54.1 Å². The summed E-state index contributed by atoms with van der Waals surface area (Å²) < 4.78 is 39.9. The van der Waals surface area contributed by atoms with Gasteiger partial charge in [0.1, 0.15) is 5.69 Å². The fraction of sp³-hybridized carbons (Fsp3) is 0.235. The van der Waals surface area contributed by atoms with E-state index >= 15 is 0 Å². The van der Waals surface area contributed by atoms with Gasteiger partial charge in [0.2, 0.25) is 5.78 Å². The molecule has 0 radical (unpaired) electrons. The molecule has 1 aliphatic carbocycles. The van der Waals surface area contributed by atoms with Crippen LogP contribution in [0.25, 0.3) is 16.9 Å². The molecule has 1 saturated carbocycles. The quantitative estimate of drug-likeness (QED) is 0.715. The lowest BCUT2D eigenvalue weighted by Crippen LogP contribution is -2.09. The van der Waals surface area contributed by atoms with E-state index in [0.717, 1.165) is 34.6 Å². The average molecular weight is 328 g/mol. The maximum Gasteiger partial charge on any atom is 0.433 e. The van der Waals surface area contributed by atoms with Crippen LogP contribution in [0.1, 0.15) is 24.1 Å². The highest BCUT2D eigenvalue weighted by atomic mass is 19.4. The first-order valence-electron chi connectivity index (χ1n) is 7.35. The smallest absolute Gasteiger partial charge is 0.279 e. The first-order valence-corrected chi connectivity index (χ1v) is 7.35. The molecule has 1 aromatic carbocycles. The van der Waals surface area contributed by atoms with Gasteiger partial charge in [-0.15, -0.1) is 0 Å². The molecule has 1 fully saturated rings. The predicted molar refractivity (Wildman–Crippen MR) is 80.0 cm³/mol. The number of nitriles is 1. The Labute approximate surface area is 135 Å². The molecule has 2 aromatic heterocycles. The number of rotatable bonds is 2. The first kappa shape index (κ1) is 14.7. The molecule has 24 heavy (non-hydrogen) atoms. The van der Waals surface area contributed by atoms with Crippen molar-refractivity contribution >= 4 is 5.78 Å². The van der Waals surface area contributed by atoms with Gasteiger partial charge in [0.25, 0.3) is 0 Å². The van der Waals surface area contributed by atoms with E-state index in [0.29, 0.717) is 5.56 Å². The molecular weight excluding hydrogens is 317 g/mol. The molecule has 0 atom stereocenters. The van der Waals surface area contributed by atoms with Crippen molar-refractivity contribution in [3.63, 3.8) is 0 Å². The topological polar surface area (TPSA) is 54.0 Å². The van der Waals surface area contributed by atoms with Crippen LogP contribution in [0, 0.1) is 11.3 Å². The van der Waals surface area contributed by atoms with Crippen molar-refractivity contribution in [1.82, 2.24) is 14.4 Å². The van der Waals surface area contributed by atoms with Crippen LogP contribution in [0.2, 0.25) is 0 Å². The molecule has 0 N–H and O–H groups in total. The van der Waals surface area contributed by atoms with Crippen molar-refractivity contribution in [2.45, 2.75) is 24.4 Å². The number of alkyl halides is 3. The average Bonchev–Trinajstić information content (AvgIpc) is 3.25. The summed E-state index contributed by atoms with van der Waals surface area (Å²) in [5, 5.41) is 9.22. The molecule has 2 heterocycles. The largest absolute Gasteiger partial charge is 0.433 e. The normalized spacial score (nSPS) is 16.1. The second-order valence-corrected chi connectivity index (χ2v) is 5.93. The number of halogens is 3. The van der Waals surface area contributed by atoms with Crippen molar-refractivity contribution in [2.75, 3.05) is 0 Å². The lowest BCUT2D eigenvalue weighted by Gasteiger charge is -2.09. The van der Waals surface area contributed by atoms with Crippen LogP contribution in [0.5, 0.6) is 0 Å². The van der Waals surface area contributed by atoms with Crippen LogP contribution < -0.4 is 0 Å². The van der Waals surface area contributed by atoms with Crippen LogP contribution in [-0.2, 0) is 11.6 Å². The number of fused-ring (bicyclic) bond motifs is 1. The standard InChI is InChI=1S/C17H11F3N4/c18-17(19,20)14-8-23-15-22-7-12(9-24(14)15)11-1-3-13(4-2-11)16(10-21)5-6-16/h1-4,7-9H,5-6H2. The minimum atomic E-state index is -4.49. The van der Waals surface area contributed by atoms with E-state index in [1.807, 2.05) is 12.1 Å². The molecule has 0 unspecified atom stereocenters. The number of benzene rings is 1. The van der Waals surface area contributed by atoms with E-state index in [2.05, 4.69) is 16.0 Å². The van der Waals surface area contributed by atoms with Crippen molar-refractivity contribution < 1.29 is 13.2 Å². The van der Waals surface area contributed by atoms with Crippen molar-refractivity contribution in [2.24, 2.45) is 0 Å². The zero-order chi connectivity index (χ0) is 16.9. The highest BCUT2D eigenvalue weighted by Crippen LogP contribution is 2.47. The van der Waals surface area contributed by atoms with E-state index in [-0.39, 0.29) is 11.2 Å². The molecule has 0 saturated heterocycles. The number of aromatic nitrogens is 3. The van der Waals surface area contributed by atoms with Gasteiger partial charge < -0.3 is 0 Å². The Hall–Kier alpha value is -2.88. The van der Waals surface area contributed by atoms with E-state index in [9.17, 15) is 18.4 Å². The third-order valence-corrected chi connectivity index (χ3v) is 4.39. The Bertz CT molecular complexity index is 960. The SMILES string of the molecule is N#CC1(c2ccc(-c3cnc4ncc(C(F)(F)F)n4c3)cc2)CC1. The maximum atomic E-state index is 13.0. The van der Waals surface area contributed by atoms with Gasteiger partial charge in [0, 0.05) is 18.0 Å². The van der Waals surface area contributed by atoms with Crippen LogP contribution >= 0.6 is 0 Å². The molecule has 4 rings (SSSR count). The Morgan fingerprint density at radius 3 is 2.29 bits per heavy atom. The molecule has 1 aliphatic rings. The van der Waals surface area contributed by atoms with Gasteiger partial charge >= 0.3 is 6.18 Å². The molecule has 0 spiro atoms. The molecule has 0 aliphatic heterocycles. The van der Waals surface area contributed by atoms with Gasteiger partial charge in [-0.05, 0) is 24.0 Å². The molecule has 7 heteroatoms. The summed E-state index contributed by atoms with van der Waals surface area (Å²) in [5.74, 6) is 0.00380. The number of nitrogens with zero attached hydrogens (tertiary/aromatic N) is 4. The van der Waals surface area contributed by atoms with E-state index in [1.165, 1.54) is 12.4 Å². The summed E-state index contributed by atoms with van der Waals surface area (Å²) >= 11 is 0. The maximum absolute atomic E-state index is 13.0. The molecule has 3 aromatic rings. The lowest BCUT2D eigenvalue weighted by molar-refractivity contribution is -0.141. The zero-order valence-electron chi connectivity index (χ0n) is 12.4. The lowest BCUT2D eigenvalue weighted by atomic mass is 9.95. The van der Waals surface area contributed by atoms with E-state index in [1.54, 1.807) is 12.1 Å². The Morgan fingerprint density at radius 1 is 1.04 bits per heavy atom. The van der Waals surface area contributed by atoms with Gasteiger partial charge in [-0.2, -0.15) is 18.4 Å². The number of imidazole rings is 1. The molecule has 0 bridgehead atoms. The van der Waals surface area contributed by atoms with Crippen LogP contribution in [0.3, 0.4) is 0 Å². The van der Waals surface area contributed by atoms with Gasteiger partial charge in [-0.3, -0.25) is 4.40 Å². The second-order valence-electron chi connectivity index (χ2n) is 5.93. The Balaban J connectivity index is 1.75. The van der Waals surface area contributed by atoms with Crippen LogP contribution in [-0.4, -0.2) is 14.4 Å². The van der Waals surface area contributed by atoms with Gasteiger partial charge in [-0.25, -0.2) is 9.97 Å². The summed E-state index contributed by atoms with van der Waals surface area (Å²) in [6.45, 7) is 0. The minimum absolute atomic E-state index is 0.00380. The van der Waals surface area contributed by atoms with E-state index < -0.39 is 11.9 Å².